The fourth-order valence-electron chi connectivity index (χ4n) is 3.44. The molecule has 0 bridgehead atoms. The minimum absolute atomic E-state index is 0.137. The maximum atomic E-state index is 11.4. The number of carbonyl (C=O) groups excluding carboxylic acids is 1. The number of anilines is 1. The van der Waals surface area contributed by atoms with Gasteiger partial charge in [-0.3, -0.25) is 4.79 Å². The number of rotatable bonds is 9. The van der Waals surface area contributed by atoms with Gasteiger partial charge in [0.05, 0.1) is 6.61 Å². The minimum Gasteiger partial charge on any atom is -0.376 e. The van der Waals surface area contributed by atoms with Gasteiger partial charge in [0.15, 0.2) is 0 Å². The largest absolute Gasteiger partial charge is 0.376 e. The molecular weight excluding hydrogens is 358 g/mol. The number of hydrogen-bond donors (Lipinski definition) is 1. The van der Waals surface area contributed by atoms with E-state index >= 15 is 0 Å². The van der Waals surface area contributed by atoms with Crippen LogP contribution in [0, 0.1) is 0 Å². The monoisotopic (exact) mass is 389 g/mol. The van der Waals surface area contributed by atoms with Gasteiger partial charge in [-0.05, 0) is 45.0 Å². The standard InChI is InChI=1S/C21H31N3O2S/c1-3-22-21(25)9-4-5-14-26-16-17-15-18-19(7-6-8-20(18)27-17)24-12-10-23(2)11-13-24/h6-8,15H,3-5,9-14,16H2,1-2H3,(H,22,25). The van der Waals surface area contributed by atoms with Gasteiger partial charge in [-0.1, -0.05) is 6.07 Å². The first-order valence-corrected chi connectivity index (χ1v) is 10.8. The summed E-state index contributed by atoms with van der Waals surface area (Å²) in [4.78, 5) is 17.6. The van der Waals surface area contributed by atoms with Crippen molar-refractivity contribution in [3.8, 4) is 0 Å². The number of thiophene rings is 1. The molecule has 0 aliphatic carbocycles. The summed E-state index contributed by atoms with van der Waals surface area (Å²) in [7, 11) is 2.19. The van der Waals surface area contributed by atoms with E-state index in [-0.39, 0.29) is 5.91 Å². The van der Waals surface area contributed by atoms with Crippen LogP contribution >= 0.6 is 11.3 Å². The molecule has 2 heterocycles. The van der Waals surface area contributed by atoms with Crippen molar-refractivity contribution >= 4 is 33.0 Å². The molecule has 1 aliphatic rings. The van der Waals surface area contributed by atoms with E-state index in [2.05, 4.69) is 46.4 Å². The van der Waals surface area contributed by atoms with Crippen LogP contribution in [0.2, 0.25) is 0 Å². The zero-order valence-corrected chi connectivity index (χ0v) is 17.3. The molecule has 0 atom stereocenters. The van der Waals surface area contributed by atoms with Gasteiger partial charge in [0.1, 0.15) is 0 Å². The topological polar surface area (TPSA) is 44.8 Å². The smallest absolute Gasteiger partial charge is 0.219 e. The third-order valence-corrected chi connectivity index (χ3v) is 6.07. The second kappa shape index (κ2) is 10.1. The number of unbranched alkanes of at least 4 members (excludes halogenated alkanes) is 1. The Morgan fingerprint density at radius 3 is 2.81 bits per heavy atom. The van der Waals surface area contributed by atoms with Gasteiger partial charge in [0, 0.05) is 66.4 Å². The van der Waals surface area contributed by atoms with E-state index in [9.17, 15) is 4.79 Å². The highest BCUT2D eigenvalue weighted by molar-refractivity contribution is 7.19. The van der Waals surface area contributed by atoms with Crippen LogP contribution in [0.5, 0.6) is 0 Å². The molecule has 0 saturated carbocycles. The van der Waals surface area contributed by atoms with Gasteiger partial charge >= 0.3 is 0 Å². The van der Waals surface area contributed by atoms with Crippen LogP contribution in [0.4, 0.5) is 5.69 Å². The lowest BCUT2D eigenvalue weighted by atomic mass is 10.1. The minimum atomic E-state index is 0.137. The van der Waals surface area contributed by atoms with E-state index in [1.165, 1.54) is 20.7 Å². The highest BCUT2D eigenvalue weighted by Gasteiger charge is 2.17. The summed E-state index contributed by atoms with van der Waals surface area (Å²) in [6.07, 6.45) is 2.40. The summed E-state index contributed by atoms with van der Waals surface area (Å²) in [5.74, 6) is 0.137. The van der Waals surface area contributed by atoms with Crippen molar-refractivity contribution in [1.82, 2.24) is 10.2 Å². The summed E-state index contributed by atoms with van der Waals surface area (Å²) in [5.41, 5.74) is 1.35. The van der Waals surface area contributed by atoms with Gasteiger partial charge in [-0.15, -0.1) is 11.3 Å². The van der Waals surface area contributed by atoms with Crippen LogP contribution in [0.3, 0.4) is 0 Å². The molecule has 1 aromatic carbocycles. The Balaban J connectivity index is 1.50. The SMILES string of the molecule is CCNC(=O)CCCCOCc1cc2c(N3CCN(C)CC3)cccc2s1. The Bertz CT molecular complexity index is 738. The number of likely N-dealkylation sites (N-methyl/N-ethyl adjacent to an activating group) is 1. The second-order valence-corrected chi connectivity index (χ2v) is 8.32. The molecule has 1 N–H and O–H groups in total. The molecule has 3 rings (SSSR count). The molecular formula is C21H31N3O2S. The number of carbonyl (C=O) groups is 1. The van der Waals surface area contributed by atoms with Crippen LogP contribution in [-0.4, -0.2) is 57.2 Å². The molecule has 1 fully saturated rings. The van der Waals surface area contributed by atoms with Crippen molar-refractivity contribution < 1.29 is 9.53 Å². The first-order valence-electron chi connectivity index (χ1n) is 9.96. The van der Waals surface area contributed by atoms with Gasteiger partial charge in [0.2, 0.25) is 5.91 Å². The molecule has 5 nitrogen and oxygen atoms in total. The first-order chi connectivity index (χ1) is 13.2. The van der Waals surface area contributed by atoms with Gasteiger partial charge in [0.25, 0.3) is 0 Å². The molecule has 0 radical (unpaired) electrons. The summed E-state index contributed by atoms with van der Waals surface area (Å²) >= 11 is 1.83. The van der Waals surface area contributed by atoms with Gasteiger partial charge < -0.3 is 19.9 Å². The van der Waals surface area contributed by atoms with Crippen molar-refractivity contribution in [2.75, 3.05) is 51.3 Å². The Morgan fingerprint density at radius 2 is 2.04 bits per heavy atom. The van der Waals surface area contributed by atoms with Crippen LogP contribution in [0.15, 0.2) is 24.3 Å². The maximum absolute atomic E-state index is 11.4. The van der Waals surface area contributed by atoms with Crippen LogP contribution in [-0.2, 0) is 16.1 Å². The van der Waals surface area contributed by atoms with Crippen molar-refractivity contribution in [1.29, 1.82) is 0 Å². The highest BCUT2D eigenvalue weighted by atomic mass is 32.1. The van der Waals surface area contributed by atoms with E-state index in [1.54, 1.807) is 0 Å². The quantitative estimate of drug-likeness (QED) is 0.667. The number of amides is 1. The Hall–Kier alpha value is -1.63. The predicted octanol–water partition coefficient (Wildman–Crippen LogP) is 3.48. The summed E-state index contributed by atoms with van der Waals surface area (Å²) in [6.45, 7) is 8.42. The maximum Gasteiger partial charge on any atom is 0.219 e. The molecule has 0 unspecified atom stereocenters. The normalized spacial score (nSPS) is 15.4. The van der Waals surface area contributed by atoms with E-state index in [1.807, 2.05) is 18.3 Å². The summed E-state index contributed by atoms with van der Waals surface area (Å²) in [5, 5.41) is 4.18. The zero-order valence-electron chi connectivity index (χ0n) is 16.5. The first kappa shape index (κ1) is 20.1. The second-order valence-electron chi connectivity index (χ2n) is 7.16. The average Bonchev–Trinajstić information content (AvgIpc) is 3.08. The van der Waals surface area contributed by atoms with Crippen LogP contribution < -0.4 is 10.2 Å². The molecule has 1 saturated heterocycles. The molecule has 2 aromatic rings. The Kier molecular flexibility index (Phi) is 7.50. The number of hydrogen-bond acceptors (Lipinski definition) is 5. The van der Waals surface area contributed by atoms with Crippen molar-refractivity contribution in [2.45, 2.75) is 32.8 Å². The Labute approximate surface area is 166 Å². The number of fused-ring (bicyclic) bond motifs is 1. The number of piperazine rings is 1. The van der Waals surface area contributed by atoms with Crippen molar-refractivity contribution in [3.63, 3.8) is 0 Å². The zero-order chi connectivity index (χ0) is 19.1. The lowest BCUT2D eigenvalue weighted by Gasteiger charge is -2.34. The molecule has 148 valence electrons. The lowest BCUT2D eigenvalue weighted by Crippen LogP contribution is -2.44. The third kappa shape index (κ3) is 5.67. The Morgan fingerprint density at radius 1 is 1.22 bits per heavy atom. The summed E-state index contributed by atoms with van der Waals surface area (Å²) < 4.78 is 7.18. The summed E-state index contributed by atoms with van der Waals surface area (Å²) in [6, 6.07) is 8.91. The van der Waals surface area contributed by atoms with Crippen molar-refractivity contribution in [3.05, 3.63) is 29.1 Å². The van der Waals surface area contributed by atoms with E-state index in [0.29, 0.717) is 26.2 Å². The molecule has 6 heteroatoms. The number of nitrogens with zero attached hydrogens (tertiary/aromatic N) is 2. The van der Waals surface area contributed by atoms with Crippen LogP contribution in [0.25, 0.3) is 10.1 Å². The van der Waals surface area contributed by atoms with Gasteiger partial charge in [-0.2, -0.15) is 0 Å². The fraction of sp³-hybridized carbons (Fsp3) is 0.571. The van der Waals surface area contributed by atoms with Gasteiger partial charge in [-0.25, -0.2) is 0 Å². The molecule has 1 aliphatic heterocycles. The molecule has 1 aromatic heterocycles. The predicted molar refractivity (Wildman–Crippen MR) is 114 cm³/mol. The number of benzene rings is 1. The molecule has 27 heavy (non-hydrogen) atoms. The van der Waals surface area contributed by atoms with E-state index in [0.717, 1.165) is 39.0 Å². The average molecular weight is 390 g/mol. The van der Waals surface area contributed by atoms with E-state index < -0.39 is 0 Å². The number of ether oxygens (including phenoxy) is 1. The fourth-order valence-corrected chi connectivity index (χ4v) is 4.46. The van der Waals surface area contributed by atoms with E-state index in [4.69, 9.17) is 4.74 Å². The van der Waals surface area contributed by atoms with Crippen molar-refractivity contribution in [2.24, 2.45) is 0 Å². The molecule has 0 spiro atoms. The van der Waals surface area contributed by atoms with Crippen LogP contribution in [0.1, 0.15) is 31.1 Å². The third-order valence-electron chi connectivity index (χ3n) is 4.99. The highest BCUT2D eigenvalue weighted by Crippen LogP contribution is 2.34. The lowest BCUT2D eigenvalue weighted by molar-refractivity contribution is -0.121. The molecule has 1 amide bonds. The number of nitrogens with one attached hydrogen (secondary N) is 1.